The molecule has 2 aliphatic heterocycles. The number of piperazine rings is 1. The third-order valence-corrected chi connectivity index (χ3v) is 6.18. The van der Waals surface area contributed by atoms with Crippen molar-refractivity contribution in [2.75, 3.05) is 58.1 Å². The van der Waals surface area contributed by atoms with Gasteiger partial charge in [0.2, 0.25) is 15.9 Å². The predicted molar refractivity (Wildman–Crippen MR) is 86.1 cm³/mol. The van der Waals surface area contributed by atoms with Crippen molar-refractivity contribution in [3.63, 3.8) is 0 Å². The largest absolute Gasteiger partial charge is 0.355 e. The average Bonchev–Trinajstić information content (AvgIpc) is 3.03. The Morgan fingerprint density at radius 3 is 2.45 bits per heavy atom. The Morgan fingerprint density at radius 2 is 1.77 bits per heavy atom. The summed E-state index contributed by atoms with van der Waals surface area (Å²) in [6.07, 6.45) is 2.59. The lowest BCUT2D eigenvalue weighted by atomic mass is 10.3. The Labute approximate surface area is 133 Å². The molecule has 8 heteroatoms. The Balaban J connectivity index is 1.55. The first-order chi connectivity index (χ1) is 10.6. The number of nitrogens with zero attached hydrogens (tertiary/aromatic N) is 2. The van der Waals surface area contributed by atoms with Crippen LogP contribution in [0.3, 0.4) is 0 Å². The second kappa shape index (κ2) is 8.81. The molecule has 2 heterocycles. The minimum atomic E-state index is -3.16. The normalized spacial score (nSPS) is 21.1. The third-order valence-electron chi connectivity index (χ3n) is 4.22. The van der Waals surface area contributed by atoms with Gasteiger partial charge in [0.1, 0.15) is 0 Å². The number of sulfonamides is 1. The fourth-order valence-corrected chi connectivity index (χ4v) is 4.47. The van der Waals surface area contributed by atoms with E-state index in [1.54, 1.807) is 4.31 Å². The molecule has 0 spiro atoms. The Morgan fingerprint density at radius 1 is 1.09 bits per heavy atom. The van der Waals surface area contributed by atoms with E-state index >= 15 is 0 Å². The van der Waals surface area contributed by atoms with E-state index in [-0.39, 0.29) is 18.1 Å². The predicted octanol–water partition coefficient (Wildman–Crippen LogP) is -0.786. The molecular formula is C14H28N4O3S. The maximum atomic E-state index is 12.0. The summed E-state index contributed by atoms with van der Waals surface area (Å²) in [6, 6.07) is 0. The van der Waals surface area contributed by atoms with Crippen LogP contribution in [0.4, 0.5) is 0 Å². The van der Waals surface area contributed by atoms with Crippen molar-refractivity contribution in [3.8, 4) is 0 Å². The highest BCUT2D eigenvalue weighted by atomic mass is 32.2. The van der Waals surface area contributed by atoms with Crippen LogP contribution in [0, 0.1) is 0 Å². The van der Waals surface area contributed by atoms with Crippen LogP contribution in [-0.4, -0.2) is 81.6 Å². The third kappa shape index (κ3) is 5.83. The van der Waals surface area contributed by atoms with Crippen molar-refractivity contribution in [3.05, 3.63) is 0 Å². The molecule has 0 unspecified atom stereocenters. The molecule has 0 atom stereocenters. The standard InChI is InChI=1S/C14H28N4O3S/c19-14(16-7-12-17-10-5-15-6-11-17)4-3-13-22(20,21)18-8-1-2-9-18/h15H,1-13H2,(H,16,19). The van der Waals surface area contributed by atoms with Gasteiger partial charge in [-0.3, -0.25) is 9.69 Å². The van der Waals surface area contributed by atoms with Crippen molar-refractivity contribution < 1.29 is 13.2 Å². The molecule has 7 nitrogen and oxygen atoms in total. The zero-order valence-electron chi connectivity index (χ0n) is 13.2. The molecule has 128 valence electrons. The van der Waals surface area contributed by atoms with Gasteiger partial charge in [-0.05, 0) is 19.3 Å². The number of carbonyl (C=O) groups is 1. The second-order valence-electron chi connectivity index (χ2n) is 5.97. The highest BCUT2D eigenvalue weighted by Crippen LogP contribution is 2.14. The van der Waals surface area contributed by atoms with Crippen LogP contribution in [-0.2, 0) is 14.8 Å². The van der Waals surface area contributed by atoms with Crippen molar-refractivity contribution in [2.24, 2.45) is 0 Å². The zero-order valence-corrected chi connectivity index (χ0v) is 14.0. The summed E-state index contributed by atoms with van der Waals surface area (Å²) in [5.41, 5.74) is 0. The van der Waals surface area contributed by atoms with Crippen LogP contribution in [0.5, 0.6) is 0 Å². The van der Waals surface area contributed by atoms with Crippen LogP contribution in [0.15, 0.2) is 0 Å². The topological polar surface area (TPSA) is 81.8 Å². The van der Waals surface area contributed by atoms with Gasteiger partial charge < -0.3 is 10.6 Å². The fourth-order valence-electron chi connectivity index (χ4n) is 2.89. The van der Waals surface area contributed by atoms with Crippen molar-refractivity contribution in [1.29, 1.82) is 0 Å². The van der Waals surface area contributed by atoms with Crippen molar-refractivity contribution >= 4 is 15.9 Å². The highest BCUT2D eigenvalue weighted by molar-refractivity contribution is 7.89. The molecule has 0 aromatic carbocycles. The number of rotatable bonds is 8. The van der Waals surface area contributed by atoms with Crippen LogP contribution in [0.2, 0.25) is 0 Å². The Bertz CT molecular complexity index is 443. The van der Waals surface area contributed by atoms with Crippen LogP contribution in [0.25, 0.3) is 0 Å². The molecule has 2 aliphatic rings. The van der Waals surface area contributed by atoms with Gasteiger partial charge in [0.25, 0.3) is 0 Å². The summed E-state index contributed by atoms with van der Waals surface area (Å²) in [5.74, 6) is 0.0323. The second-order valence-corrected chi connectivity index (χ2v) is 8.06. The summed E-state index contributed by atoms with van der Waals surface area (Å²) >= 11 is 0. The molecule has 0 bridgehead atoms. The lowest BCUT2D eigenvalue weighted by Crippen LogP contribution is -2.46. The lowest BCUT2D eigenvalue weighted by molar-refractivity contribution is -0.121. The smallest absolute Gasteiger partial charge is 0.220 e. The minimum absolute atomic E-state index is 0.0493. The van der Waals surface area contributed by atoms with Gasteiger partial charge in [-0.25, -0.2) is 12.7 Å². The van der Waals surface area contributed by atoms with Gasteiger partial charge in [0.05, 0.1) is 5.75 Å². The number of hydrogen-bond donors (Lipinski definition) is 2. The number of hydrogen-bond acceptors (Lipinski definition) is 5. The fraction of sp³-hybridized carbons (Fsp3) is 0.929. The molecule has 2 rings (SSSR count). The molecule has 0 aromatic rings. The van der Waals surface area contributed by atoms with E-state index < -0.39 is 10.0 Å². The van der Waals surface area contributed by atoms with Gasteiger partial charge in [-0.1, -0.05) is 0 Å². The maximum Gasteiger partial charge on any atom is 0.220 e. The van der Waals surface area contributed by atoms with Crippen LogP contribution < -0.4 is 10.6 Å². The first kappa shape index (κ1) is 17.7. The maximum absolute atomic E-state index is 12.0. The van der Waals surface area contributed by atoms with Gasteiger partial charge in [0.15, 0.2) is 0 Å². The quantitative estimate of drug-likeness (QED) is 0.609. The van der Waals surface area contributed by atoms with Gasteiger partial charge >= 0.3 is 0 Å². The van der Waals surface area contributed by atoms with E-state index in [9.17, 15) is 13.2 Å². The Kier molecular flexibility index (Phi) is 7.07. The number of nitrogens with one attached hydrogen (secondary N) is 2. The molecule has 2 fully saturated rings. The molecule has 0 saturated carbocycles. The van der Waals surface area contributed by atoms with Crippen molar-refractivity contribution in [1.82, 2.24) is 19.8 Å². The van der Waals surface area contributed by atoms with Gasteiger partial charge in [0, 0.05) is 58.8 Å². The van der Waals surface area contributed by atoms with E-state index in [2.05, 4.69) is 15.5 Å². The Hall–Kier alpha value is -0.700. The molecule has 0 aliphatic carbocycles. The summed E-state index contributed by atoms with van der Waals surface area (Å²) < 4.78 is 25.6. The van der Waals surface area contributed by atoms with Gasteiger partial charge in [-0.15, -0.1) is 0 Å². The highest BCUT2D eigenvalue weighted by Gasteiger charge is 2.24. The average molecular weight is 332 g/mol. The SMILES string of the molecule is O=C(CCCS(=O)(=O)N1CCCC1)NCCN1CCNCC1. The molecule has 1 amide bonds. The van der Waals surface area contributed by atoms with Crippen LogP contribution in [0.1, 0.15) is 25.7 Å². The molecular weight excluding hydrogens is 304 g/mol. The molecule has 0 aromatic heterocycles. The summed E-state index contributed by atoms with van der Waals surface area (Å²) in [6.45, 7) is 6.81. The van der Waals surface area contributed by atoms with E-state index in [4.69, 9.17) is 0 Å². The van der Waals surface area contributed by atoms with Crippen molar-refractivity contribution in [2.45, 2.75) is 25.7 Å². The zero-order chi connectivity index (χ0) is 15.8. The summed E-state index contributed by atoms with van der Waals surface area (Å²) in [4.78, 5) is 14.1. The molecule has 2 N–H and O–H groups in total. The molecule has 0 radical (unpaired) electrons. The molecule has 22 heavy (non-hydrogen) atoms. The number of amides is 1. The number of carbonyl (C=O) groups excluding carboxylic acids is 1. The van der Waals surface area contributed by atoms with Crippen LogP contribution >= 0.6 is 0 Å². The summed E-state index contributed by atoms with van der Waals surface area (Å²) in [7, 11) is -3.16. The first-order valence-electron chi connectivity index (χ1n) is 8.25. The minimum Gasteiger partial charge on any atom is -0.355 e. The molecule has 2 saturated heterocycles. The first-order valence-corrected chi connectivity index (χ1v) is 9.86. The van der Waals surface area contributed by atoms with Gasteiger partial charge in [-0.2, -0.15) is 0 Å². The van der Waals surface area contributed by atoms with E-state index in [0.717, 1.165) is 45.6 Å². The lowest BCUT2D eigenvalue weighted by Gasteiger charge is -2.27. The van der Waals surface area contributed by atoms with E-state index in [1.807, 2.05) is 0 Å². The summed E-state index contributed by atoms with van der Waals surface area (Å²) in [5, 5.41) is 6.17. The van der Waals surface area contributed by atoms with E-state index in [1.165, 1.54) is 0 Å². The monoisotopic (exact) mass is 332 g/mol. The van der Waals surface area contributed by atoms with E-state index in [0.29, 0.717) is 26.1 Å².